The highest BCUT2D eigenvalue weighted by molar-refractivity contribution is 5.81. The molecule has 0 amide bonds. The van der Waals surface area contributed by atoms with Gasteiger partial charge < -0.3 is 15.0 Å². The summed E-state index contributed by atoms with van der Waals surface area (Å²) >= 11 is 0. The van der Waals surface area contributed by atoms with E-state index >= 15 is 0 Å². The Hall–Kier alpha value is -1.48. The first-order chi connectivity index (χ1) is 7.81. The fourth-order valence-corrected chi connectivity index (χ4v) is 2.25. The lowest BCUT2D eigenvalue weighted by Crippen LogP contribution is -2.19. The molecule has 3 nitrogen and oxygen atoms in total. The Bertz CT molecular complexity index is 498. The van der Waals surface area contributed by atoms with Crippen LogP contribution in [0.3, 0.4) is 0 Å². The predicted octanol–water partition coefficient (Wildman–Crippen LogP) is 2.22. The molecule has 1 fully saturated rings. The molecule has 0 radical (unpaired) electrons. The summed E-state index contributed by atoms with van der Waals surface area (Å²) in [6, 6.07) is 8.38. The van der Waals surface area contributed by atoms with Crippen molar-refractivity contribution in [1.82, 2.24) is 10.3 Å². The van der Waals surface area contributed by atoms with Crippen molar-refractivity contribution < 1.29 is 4.74 Å². The Labute approximate surface area is 94.8 Å². The number of nitrogens with one attached hydrogen (secondary N) is 2. The van der Waals surface area contributed by atoms with E-state index in [-0.39, 0.29) is 0 Å². The SMILES string of the molecule is Cc1cc2cc(OC3CCNC3)ccc2[nH]1. The van der Waals surface area contributed by atoms with E-state index in [4.69, 9.17) is 4.74 Å². The van der Waals surface area contributed by atoms with Gasteiger partial charge in [0.2, 0.25) is 0 Å². The molecule has 1 aliphatic heterocycles. The topological polar surface area (TPSA) is 37.0 Å². The van der Waals surface area contributed by atoms with Gasteiger partial charge in [-0.25, -0.2) is 0 Å². The van der Waals surface area contributed by atoms with E-state index in [1.807, 2.05) is 6.07 Å². The van der Waals surface area contributed by atoms with Gasteiger partial charge in [0.05, 0.1) is 0 Å². The molecule has 0 spiro atoms. The molecule has 0 aliphatic carbocycles. The number of benzene rings is 1. The summed E-state index contributed by atoms with van der Waals surface area (Å²) in [5.74, 6) is 0.972. The number of aryl methyl sites for hydroxylation is 1. The molecule has 0 saturated carbocycles. The van der Waals surface area contributed by atoms with Crippen LogP contribution in [0.1, 0.15) is 12.1 Å². The number of H-pyrrole nitrogens is 1. The third-order valence-corrected chi connectivity index (χ3v) is 3.04. The maximum absolute atomic E-state index is 5.92. The molecule has 1 aromatic carbocycles. The van der Waals surface area contributed by atoms with Crippen molar-refractivity contribution in [1.29, 1.82) is 0 Å². The van der Waals surface area contributed by atoms with Crippen LogP contribution < -0.4 is 10.1 Å². The zero-order chi connectivity index (χ0) is 11.0. The zero-order valence-corrected chi connectivity index (χ0v) is 9.42. The van der Waals surface area contributed by atoms with Crippen molar-refractivity contribution in [3.05, 3.63) is 30.0 Å². The minimum absolute atomic E-state index is 0.331. The van der Waals surface area contributed by atoms with Gasteiger partial charge in [-0.3, -0.25) is 0 Å². The molecule has 3 heteroatoms. The van der Waals surface area contributed by atoms with Gasteiger partial charge in [0.15, 0.2) is 0 Å². The van der Waals surface area contributed by atoms with Crippen LogP contribution in [0.15, 0.2) is 24.3 Å². The highest BCUT2D eigenvalue weighted by Gasteiger charge is 2.15. The molecule has 3 rings (SSSR count). The average molecular weight is 216 g/mol. The molecule has 1 saturated heterocycles. The van der Waals surface area contributed by atoms with Crippen LogP contribution in [-0.4, -0.2) is 24.2 Å². The van der Waals surface area contributed by atoms with Crippen molar-refractivity contribution in [3.63, 3.8) is 0 Å². The Kier molecular flexibility index (Phi) is 2.33. The van der Waals surface area contributed by atoms with E-state index in [1.54, 1.807) is 0 Å². The van der Waals surface area contributed by atoms with Gasteiger partial charge in [0.1, 0.15) is 11.9 Å². The van der Waals surface area contributed by atoms with E-state index in [0.29, 0.717) is 6.10 Å². The smallest absolute Gasteiger partial charge is 0.120 e. The minimum Gasteiger partial charge on any atom is -0.489 e. The summed E-state index contributed by atoms with van der Waals surface area (Å²) in [5, 5.41) is 4.53. The molecular formula is C13H16N2O. The van der Waals surface area contributed by atoms with E-state index in [9.17, 15) is 0 Å². The summed E-state index contributed by atoms with van der Waals surface area (Å²) in [5.41, 5.74) is 2.36. The monoisotopic (exact) mass is 216 g/mol. The first-order valence-electron chi connectivity index (χ1n) is 5.78. The van der Waals surface area contributed by atoms with Gasteiger partial charge in [-0.1, -0.05) is 0 Å². The van der Waals surface area contributed by atoms with Crippen LogP contribution in [0.2, 0.25) is 0 Å². The second kappa shape index (κ2) is 3.83. The third-order valence-electron chi connectivity index (χ3n) is 3.04. The number of aromatic amines is 1. The first kappa shape index (κ1) is 9.73. The fourth-order valence-electron chi connectivity index (χ4n) is 2.25. The van der Waals surface area contributed by atoms with Gasteiger partial charge in [-0.05, 0) is 44.2 Å². The number of hydrogen-bond donors (Lipinski definition) is 2. The van der Waals surface area contributed by atoms with Gasteiger partial charge >= 0.3 is 0 Å². The largest absolute Gasteiger partial charge is 0.489 e. The van der Waals surface area contributed by atoms with Gasteiger partial charge in [0.25, 0.3) is 0 Å². The maximum Gasteiger partial charge on any atom is 0.120 e. The summed E-state index contributed by atoms with van der Waals surface area (Å²) in [4.78, 5) is 3.31. The maximum atomic E-state index is 5.92. The van der Waals surface area contributed by atoms with Crippen molar-refractivity contribution in [3.8, 4) is 5.75 Å². The molecule has 84 valence electrons. The number of hydrogen-bond acceptors (Lipinski definition) is 2. The Balaban J connectivity index is 1.86. The van der Waals surface area contributed by atoms with Crippen LogP contribution in [-0.2, 0) is 0 Å². The molecular weight excluding hydrogens is 200 g/mol. The second-order valence-electron chi connectivity index (χ2n) is 4.43. The zero-order valence-electron chi connectivity index (χ0n) is 9.42. The molecule has 1 aromatic heterocycles. The van der Waals surface area contributed by atoms with E-state index in [2.05, 4.69) is 35.4 Å². The highest BCUT2D eigenvalue weighted by Crippen LogP contribution is 2.23. The molecule has 1 aliphatic rings. The van der Waals surface area contributed by atoms with Crippen LogP contribution in [0.4, 0.5) is 0 Å². The quantitative estimate of drug-likeness (QED) is 0.807. The molecule has 0 bridgehead atoms. The molecule has 1 atom stereocenters. The molecule has 16 heavy (non-hydrogen) atoms. The first-order valence-corrected chi connectivity index (χ1v) is 5.78. The molecule has 2 heterocycles. The second-order valence-corrected chi connectivity index (χ2v) is 4.43. The van der Waals surface area contributed by atoms with E-state index in [1.165, 1.54) is 16.6 Å². The summed E-state index contributed by atoms with van der Waals surface area (Å²) in [7, 11) is 0. The van der Waals surface area contributed by atoms with E-state index < -0.39 is 0 Å². The van der Waals surface area contributed by atoms with Crippen LogP contribution in [0.5, 0.6) is 5.75 Å². The lowest BCUT2D eigenvalue weighted by atomic mass is 10.2. The number of fused-ring (bicyclic) bond motifs is 1. The van der Waals surface area contributed by atoms with Crippen molar-refractivity contribution in [2.75, 3.05) is 13.1 Å². The Morgan fingerprint density at radius 3 is 3.06 bits per heavy atom. The van der Waals surface area contributed by atoms with Crippen LogP contribution in [0.25, 0.3) is 10.9 Å². The van der Waals surface area contributed by atoms with Crippen LogP contribution in [0, 0.1) is 6.92 Å². The fraction of sp³-hybridized carbons (Fsp3) is 0.385. The normalized spacial score (nSPS) is 20.4. The van der Waals surface area contributed by atoms with Crippen LogP contribution >= 0.6 is 0 Å². The average Bonchev–Trinajstić information content (AvgIpc) is 2.85. The summed E-state index contributed by atoms with van der Waals surface area (Å²) < 4.78 is 5.92. The minimum atomic E-state index is 0.331. The summed E-state index contributed by atoms with van der Waals surface area (Å²) in [6.07, 6.45) is 1.43. The Morgan fingerprint density at radius 2 is 2.25 bits per heavy atom. The number of ether oxygens (including phenoxy) is 1. The number of rotatable bonds is 2. The lowest BCUT2D eigenvalue weighted by molar-refractivity contribution is 0.223. The Morgan fingerprint density at radius 1 is 1.31 bits per heavy atom. The van der Waals surface area contributed by atoms with Crippen molar-refractivity contribution in [2.45, 2.75) is 19.4 Å². The predicted molar refractivity (Wildman–Crippen MR) is 64.9 cm³/mol. The third kappa shape index (κ3) is 1.78. The van der Waals surface area contributed by atoms with Crippen molar-refractivity contribution in [2.24, 2.45) is 0 Å². The number of aromatic nitrogens is 1. The van der Waals surface area contributed by atoms with Gasteiger partial charge in [0, 0.05) is 23.1 Å². The lowest BCUT2D eigenvalue weighted by Gasteiger charge is -2.12. The molecule has 1 unspecified atom stereocenters. The standard InChI is InChI=1S/C13H16N2O/c1-9-6-10-7-11(2-3-13(10)15-9)16-12-4-5-14-8-12/h2-3,6-7,12,14-15H,4-5,8H2,1H3. The molecule has 2 aromatic rings. The highest BCUT2D eigenvalue weighted by atomic mass is 16.5. The van der Waals surface area contributed by atoms with E-state index in [0.717, 1.165) is 25.3 Å². The van der Waals surface area contributed by atoms with Gasteiger partial charge in [-0.15, -0.1) is 0 Å². The van der Waals surface area contributed by atoms with Gasteiger partial charge in [-0.2, -0.15) is 0 Å². The van der Waals surface area contributed by atoms with Crippen molar-refractivity contribution >= 4 is 10.9 Å². The molecule has 2 N–H and O–H groups in total. The summed E-state index contributed by atoms with van der Waals surface area (Å²) in [6.45, 7) is 4.10.